The van der Waals surface area contributed by atoms with E-state index in [9.17, 15) is 26.3 Å². The van der Waals surface area contributed by atoms with Crippen molar-refractivity contribution in [1.29, 1.82) is 0 Å². The minimum Gasteiger partial charge on any atom is -0.371 e. The van der Waals surface area contributed by atoms with Crippen LogP contribution in [0.2, 0.25) is 0 Å². The molecule has 10 heteroatoms. The van der Waals surface area contributed by atoms with E-state index < -0.39 is 36.6 Å². The van der Waals surface area contributed by atoms with Crippen LogP contribution in [-0.4, -0.2) is 11.5 Å². The van der Waals surface area contributed by atoms with Gasteiger partial charge in [0.05, 0.1) is 35.8 Å². The molecule has 46 heavy (non-hydrogen) atoms. The van der Waals surface area contributed by atoms with Crippen LogP contribution in [0, 0.1) is 0 Å². The lowest BCUT2D eigenvalue weighted by molar-refractivity contribution is -0.143. The molecule has 0 spiro atoms. The van der Waals surface area contributed by atoms with Gasteiger partial charge < -0.3 is 5.32 Å². The first-order valence-electron chi connectivity index (χ1n) is 14.3. The highest BCUT2D eigenvalue weighted by Crippen LogP contribution is 2.47. The van der Waals surface area contributed by atoms with Crippen molar-refractivity contribution in [2.24, 2.45) is 4.74 Å². The number of hydrogen-bond donors (Lipinski definition) is 1. The molecule has 0 aliphatic heterocycles. The molecule has 236 valence electrons. The smallest absolute Gasteiger partial charge is 0.371 e. The Hall–Kier alpha value is -4.20. The molecule has 0 amide bonds. The zero-order valence-electron chi connectivity index (χ0n) is 24.3. The second kappa shape index (κ2) is 14.1. The lowest BCUT2D eigenvalue weighted by Gasteiger charge is -2.29. The second-order valence-corrected chi connectivity index (χ2v) is 14.2. The molecule has 0 radical (unpaired) electrons. The van der Waals surface area contributed by atoms with Crippen LogP contribution in [0.3, 0.4) is 0 Å². The molecule has 5 rings (SSSR count). The number of halogens is 6. The average Bonchev–Trinajstić information content (AvgIpc) is 3.05. The Balaban J connectivity index is 1.57. The first-order valence-corrected chi connectivity index (χ1v) is 16.5. The number of nitrogens with one attached hydrogen (secondary N) is 1. The van der Waals surface area contributed by atoms with E-state index in [0.717, 1.165) is 21.5 Å². The molecule has 0 aliphatic rings. The molecule has 0 saturated carbocycles. The Labute approximate surface area is 269 Å². The maximum absolute atomic E-state index is 13.5. The van der Waals surface area contributed by atoms with Crippen LogP contribution < -0.4 is 21.2 Å². The van der Waals surface area contributed by atoms with Gasteiger partial charge in [-0.3, -0.25) is 4.74 Å². The highest BCUT2D eigenvalue weighted by molar-refractivity contribution is 7.87. The monoisotopic (exact) mass is 666 g/mol. The summed E-state index contributed by atoms with van der Waals surface area (Å²) in [6, 6.07) is 40.3. The van der Waals surface area contributed by atoms with E-state index in [2.05, 4.69) is 41.7 Å². The fraction of sp³-hybridized carbons (Fsp3) is 0.139. The van der Waals surface area contributed by atoms with E-state index in [4.69, 9.17) is 17.0 Å². The first-order chi connectivity index (χ1) is 22.0. The normalized spacial score (nSPS) is 12.7. The molecule has 0 bridgehead atoms. The van der Waals surface area contributed by atoms with Crippen molar-refractivity contribution in [3.8, 4) is 0 Å². The van der Waals surface area contributed by atoms with Crippen molar-refractivity contribution in [3.05, 3.63) is 162 Å². The van der Waals surface area contributed by atoms with Crippen LogP contribution in [0.4, 0.5) is 26.3 Å². The van der Waals surface area contributed by atoms with Gasteiger partial charge >= 0.3 is 12.4 Å². The summed E-state index contributed by atoms with van der Waals surface area (Å²) < 4.78 is 86.6. The highest BCUT2D eigenvalue weighted by atomic mass is 32.1. The van der Waals surface area contributed by atoms with Crippen molar-refractivity contribution in [1.82, 2.24) is 5.32 Å². The average molecular weight is 667 g/mol. The summed E-state index contributed by atoms with van der Waals surface area (Å²) in [6.07, 6.45) is -10.2. The van der Waals surface area contributed by atoms with Gasteiger partial charge in [0.2, 0.25) is 0 Å². The van der Waals surface area contributed by atoms with E-state index >= 15 is 0 Å². The van der Waals surface area contributed by atoms with Crippen LogP contribution in [0.5, 0.6) is 0 Å². The Bertz CT molecular complexity index is 1670. The van der Waals surface area contributed by atoms with Gasteiger partial charge in [-0.1, -0.05) is 134 Å². The van der Waals surface area contributed by atoms with Gasteiger partial charge in [-0.05, 0) is 29.3 Å². The Kier molecular flexibility index (Phi) is 10.1. The van der Waals surface area contributed by atoms with Crippen molar-refractivity contribution in [2.75, 3.05) is 6.54 Å². The number of nitrogens with zero attached hydrogens (tertiary/aromatic N) is 1. The van der Waals surface area contributed by atoms with E-state index in [-0.39, 0.29) is 29.6 Å². The molecule has 5 aromatic carbocycles. The van der Waals surface area contributed by atoms with Gasteiger partial charge in [0.1, 0.15) is 0 Å². The maximum Gasteiger partial charge on any atom is 0.416 e. The van der Waals surface area contributed by atoms with Gasteiger partial charge in [-0.15, -0.1) is 0 Å². The van der Waals surface area contributed by atoms with Crippen LogP contribution in [0.15, 0.2) is 144 Å². The molecule has 0 heterocycles. The fourth-order valence-electron chi connectivity index (χ4n) is 5.30. The maximum atomic E-state index is 13.5. The lowest BCUT2D eigenvalue weighted by atomic mass is 10.0. The van der Waals surface area contributed by atoms with Crippen LogP contribution >= 0.6 is 19.3 Å². The molecule has 0 saturated heterocycles. The molecular formula is C36H29F6N2PS. The molecule has 0 fully saturated rings. The Morgan fingerprint density at radius 3 is 1.39 bits per heavy atom. The number of benzene rings is 5. The molecule has 0 unspecified atom stereocenters. The Morgan fingerprint density at radius 1 is 0.609 bits per heavy atom. The van der Waals surface area contributed by atoms with Gasteiger partial charge in [0.25, 0.3) is 0 Å². The SMILES string of the molecule is FC(F)(F)c1cc(CC(=S)N[C@@H](CN=P(c2ccccc2)(c2ccccc2)c2ccccc2)c2ccccc2)cc(C(F)(F)F)c1. The molecule has 5 aromatic rings. The second-order valence-electron chi connectivity index (χ2n) is 10.6. The summed E-state index contributed by atoms with van der Waals surface area (Å²) in [5.74, 6) is 0. The standard InChI is InChI=1S/C36H29F6N2PS/c37-35(38,39)28-21-26(22-29(24-28)36(40,41)42)23-34(46)44-33(27-13-5-1-6-14-27)25-43-45(30-15-7-2-8-16-30,31-17-9-3-10-18-31)32-19-11-4-12-20-32/h1-22,24,33H,23,25H2,(H,44,46)/t33-/m0/s1. The summed E-state index contributed by atoms with van der Waals surface area (Å²) >= 11 is 5.57. The molecule has 1 atom stereocenters. The molecular weight excluding hydrogens is 637 g/mol. The summed E-state index contributed by atoms with van der Waals surface area (Å²) in [6.45, 7) is 0.215. The van der Waals surface area contributed by atoms with Crippen LogP contribution in [-0.2, 0) is 18.8 Å². The van der Waals surface area contributed by atoms with Gasteiger partial charge in [0, 0.05) is 22.3 Å². The van der Waals surface area contributed by atoms with Crippen molar-refractivity contribution < 1.29 is 26.3 Å². The minimum absolute atomic E-state index is 0.0968. The topological polar surface area (TPSA) is 24.4 Å². The summed E-state index contributed by atoms with van der Waals surface area (Å²) in [4.78, 5) is 0.0968. The molecule has 2 nitrogen and oxygen atoms in total. The zero-order chi connectivity index (χ0) is 32.8. The van der Waals surface area contributed by atoms with E-state index in [0.29, 0.717) is 12.1 Å². The number of rotatable bonds is 9. The van der Waals surface area contributed by atoms with E-state index in [1.165, 1.54) is 0 Å². The molecule has 0 aromatic heterocycles. The number of alkyl halides is 6. The largest absolute Gasteiger partial charge is 0.416 e. The van der Waals surface area contributed by atoms with Crippen molar-refractivity contribution in [2.45, 2.75) is 24.8 Å². The van der Waals surface area contributed by atoms with Gasteiger partial charge in [-0.25, -0.2) is 0 Å². The fourth-order valence-corrected chi connectivity index (χ4v) is 9.21. The summed E-state index contributed by atoms with van der Waals surface area (Å²) in [5.41, 5.74) is -2.13. The molecule has 1 N–H and O–H groups in total. The number of thiocarbonyl (C=S) groups is 1. The van der Waals surface area contributed by atoms with Gasteiger partial charge in [0.15, 0.2) is 0 Å². The minimum atomic E-state index is -4.95. The quantitative estimate of drug-likeness (QED) is 0.0965. The third kappa shape index (κ3) is 7.77. The Morgan fingerprint density at radius 2 is 1.00 bits per heavy atom. The van der Waals surface area contributed by atoms with E-state index in [1.54, 1.807) is 0 Å². The van der Waals surface area contributed by atoms with Crippen LogP contribution in [0.1, 0.15) is 28.3 Å². The number of hydrogen-bond acceptors (Lipinski definition) is 2. The zero-order valence-corrected chi connectivity index (χ0v) is 26.1. The van der Waals surface area contributed by atoms with E-state index in [1.807, 2.05) is 84.9 Å². The summed E-state index contributed by atoms with van der Waals surface area (Å²) in [5, 5.41) is 6.32. The predicted molar refractivity (Wildman–Crippen MR) is 178 cm³/mol. The predicted octanol–water partition coefficient (Wildman–Crippen LogP) is 9.10. The molecule has 0 aliphatic carbocycles. The first kappa shape index (κ1) is 33.2. The third-order valence-electron chi connectivity index (χ3n) is 7.42. The third-order valence-corrected chi connectivity index (χ3v) is 11.4. The van der Waals surface area contributed by atoms with Crippen LogP contribution in [0.25, 0.3) is 0 Å². The highest BCUT2D eigenvalue weighted by Gasteiger charge is 2.37. The van der Waals surface area contributed by atoms with Gasteiger partial charge in [-0.2, -0.15) is 26.3 Å². The van der Waals surface area contributed by atoms with Crippen molar-refractivity contribution in [3.63, 3.8) is 0 Å². The summed E-state index contributed by atoms with van der Waals surface area (Å²) in [7, 11) is -2.60. The lowest BCUT2D eigenvalue weighted by Crippen LogP contribution is -2.31. The van der Waals surface area contributed by atoms with Crippen molar-refractivity contribution >= 4 is 40.2 Å².